The number of aromatic nitrogens is 3. The van der Waals surface area contributed by atoms with Gasteiger partial charge < -0.3 is 19.3 Å². The molecule has 0 amide bonds. The molecule has 41 heavy (non-hydrogen) atoms. The van der Waals surface area contributed by atoms with Crippen LogP contribution in [0.1, 0.15) is 47.4 Å². The van der Waals surface area contributed by atoms with Gasteiger partial charge in [0.1, 0.15) is 46.6 Å². The summed E-state index contributed by atoms with van der Waals surface area (Å²) in [6, 6.07) is 14.9. The summed E-state index contributed by atoms with van der Waals surface area (Å²) < 4.78 is 18.1. The molecule has 210 valence electrons. The minimum absolute atomic E-state index is 0.0325. The second kappa shape index (κ2) is 11.1. The lowest BCUT2D eigenvalue weighted by Gasteiger charge is -2.33. The molecule has 1 N–H and O–H groups in total. The highest BCUT2D eigenvalue weighted by molar-refractivity contribution is 6.09. The van der Waals surface area contributed by atoms with E-state index in [1.807, 2.05) is 13.8 Å². The first-order valence-corrected chi connectivity index (χ1v) is 12.9. The van der Waals surface area contributed by atoms with Crippen LogP contribution < -0.4 is 14.2 Å². The first-order chi connectivity index (χ1) is 19.6. The van der Waals surface area contributed by atoms with Crippen molar-refractivity contribution in [3.8, 4) is 28.7 Å². The maximum absolute atomic E-state index is 12.8. The molecule has 0 bridgehead atoms. The molecule has 0 atom stereocenters. The number of ether oxygens (including phenoxy) is 3. The molecular weight excluding hydrogens is 528 g/mol. The molecule has 4 aromatic rings. The first kappa shape index (κ1) is 27.4. The SMILES string of the molecule is COc1ccc(-n2cc(COc3ccc(/C=C/C(=O)c4ccc5c(c4O)CCC(C)(C)O5)cc3)nn2)c([N+](=O)[O-])c1. The Hall–Kier alpha value is -5.19. The predicted molar refractivity (Wildman–Crippen MR) is 150 cm³/mol. The fourth-order valence-corrected chi connectivity index (χ4v) is 4.48. The number of methoxy groups -OCH3 is 1. The van der Waals surface area contributed by atoms with Crippen LogP contribution in [0.15, 0.2) is 66.9 Å². The molecule has 0 radical (unpaired) electrons. The zero-order chi connectivity index (χ0) is 29.1. The number of hydrogen-bond donors (Lipinski definition) is 1. The van der Waals surface area contributed by atoms with Gasteiger partial charge in [0.25, 0.3) is 5.69 Å². The minimum atomic E-state index is -0.510. The van der Waals surface area contributed by atoms with Crippen molar-refractivity contribution in [1.29, 1.82) is 0 Å². The highest BCUT2D eigenvalue weighted by atomic mass is 16.6. The van der Waals surface area contributed by atoms with E-state index in [4.69, 9.17) is 14.2 Å². The lowest BCUT2D eigenvalue weighted by molar-refractivity contribution is -0.384. The number of nitro benzene ring substituents is 1. The van der Waals surface area contributed by atoms with Crippen molar-refractivity contribution in [2.75, 3.05) is 7.11 Å². The number of phenols is 1. The number of phenolic OH excluding ortho intramolecular Hbond substituents is 1. The number of allylic oxidation sites excluding steroid dienone is 1. The molecule has 0 spiro atoms. The fraction of sp³-hybridized carbons (Fsp3) is 0.233. The predicted octanol–water partition coefficient (Wildman–Crippen LogP) is 5.47. The topological polar surface area (TPSA) is 139 Å². The van der Waals surface area contributed by atoms with Crippen molar-refractivity contribution in [1.82, 2.24) is 15.0 Å². The van der Waals surface area contributed by atoms with E-state index in [0.29, 0.717) is 34.9 Å². The number of carbonyl (C=O) groups is 1. The van der Waals surface area contributed by atoms with Crippen LogP contribution in [0.2, 0.25) is 0 Å². The van der Waals surface area contributed by atoms with E-state index in [1.165, 1.54) is 30.0 Å². The highest BCUT2D eigenvalue weighted by Gasteiger charge is 2.29. The van der Waals surface area contributed by atoms with Crippen LogP contribution >= 0.6 is 0 Å². The van der Waals surface area contributed by atoms with Crippen molar-refractivity contribution < 1.29 is 29.0 Å². The summed E-state index contributed by atoms with van der Waals surface area (Å²) in [4.78, 5) is 23.8. The van der Waals surface area contributed by atoms with E-state index in [9.17, 15) is 20.0 Å². The number of benzene rings is 3. The number of fused-ring (bicyclic) bond motifs is 1. The van der Waals surface area contributed by atoms with Gasteiger partial charge in [-0.25, -0.2) is 4.68 Å². The molecule has 11 heteroatoms. The molecule has 0 saturated carbocycles. The summed E-state index contributed by atoms with van der Waals surface area (Å²) in [7, 11) is 1.43. The van der Waals surface area contributed by atoms with Crippen molar-refractivity contribution in [3.05, 3.63) is 99.4 Å². The van der Waals surface area contributed by atoms with E-state index in [-0.39, 0.29) is 40.7 Å². The Kier molecular flexibility index (Phi) is 7.43. The fourth-order valence-electron chi connectivity index (χ4n) is 4.48. The van der Waals surface area contributed by atoms with Gasteiger partial charge in [0, 0.05) is 5.56 Å². The van der Waals surface area contributed by atoms with E-state index in [0.717, 1.165) is 12.0 Å². The molecule has 0 fully saturated rings. The normalized spacial score (nSPS) is 13.8. The number of rotatable bonds is 9. The zero-order valence-electron chi connectivity index (χ0n) is 22.7. The highest BCUT2D eigenvalue weighted by Crippen LogP contribution is 2.40. The van der Waals surface area contributed by atoms with E-state index >= 15 is 0 Å². The van der Waals surface area contributed by atoms with Gasteiger partial charge in [0.2, 0.25) is 0 Å². The molecule has 2 heterocycles. The molecule has 1 aromatic heterocycles. The molecule has 0 unspecified atom stereocenters. The van der Waals surface area contributed by atoms with Crippen LogP contribution in [0.3, 0.4) is 0 Å². The monoisotopic (exact) mass is 556 g/mol. The molecule has 11 nitrogen and oxygen atoms in total. The lowest BCUT2D eigenvalue weighted by atomic mass is 9.91. The largest absolute Gasteiger partial charge is 0.507 e. The average molecular weight is 557 g/mol. The van der Waals surface area contributed by atoms with E-state index in [1.54, 1.807) is 54.7 Å². The van der Waals surface area contributed by atoms with Gasteiger partial charge in [-0.2, -0.15) is 0 Å². The molecule has 0 aliphatic carbocycles. The maximum atomic E-state index is 12.8. The molecule has 1 aliphatic heterocycles. The number of ketones is 1. The first-order valence-electron chi connectivity index (χ1n) is 12.9. The quantitative estimate of drug-likeness (QED) is 0.123. The van der Waals surface area contributed by atoms with Gasteiger partial charge in [-0.15, -0.1) is 5.10 Å². The van der Waals surface area contributed by atoms with Crippen LogP contribution in [0, 0.1) is 10.1 Å². The van der Waals surface area contributed by atoms with Crippen LogP contribution in [0.5, 0.6) is 23.0 Å². The Morgan fingerprint density at radius 2 is 1.93 bits per heavy atom. The standard InChI is InChI=1S/C30H28N4O7/c1-30(2)15-14-24-28(41-30)13-10-23(29(24)36)27(35)12-6-19-4-7-21(8-5-19)40-18-20-17-33(32-31-20)25-11-9-22(39-3)16-26(25)34(37)38/h4-13,16-17,36H,14-15,18H2,1-3H3/b12-6+. The third kappa shape index (κ3) is 6.03. The Balaban J connectivity index is 1.21. The molecule has 3 aromatic carbocycles. The third-order valence-corrected chi connectivity index (χ3v) is 6.73. The van der Waals surface area contributed by atoms with Crippen LogP contribution in [0.4, 0.5) is 5.69 Å². The van der Waals surface area contributed by atoms with Crippen LogP contribution in [-0.4, -0.2) is 43.5 Å². The number of hydrogen-bond acceptors (Lipinski definition) is 9. The summed E-state index contributed by atoms with van der Waals surface area (Å²) in [6.07, 6.45) is 6.03. The Morgan fingerprint density at radius 3 is 2.66 bits per heavy atom. The summed E-state index contributed by atoms with van der Waals surface area (Å²) in [5, 5.41) is 30.2. The minimum Gasteiger partial charge on any atom is -0.507 e. The number of nitrogens with zero attached hydrogens (tertiary/aromatic N) is 4. The van der Waals surface area contributed by atoms with Gasteiger partial charge in [0.05, 0.1) is 29.9 Å². The summed E-state index contributed by atoms with van der Waals surface area (Å²) in [6.45, 7) is 4.08. The summed E-state index contributed by atoms with van der Waals surface area (Å²) in [5.41, 5.74) is 1.92. The van der Waals surface area contributed by atoms with Gasteiger partial charge in [-0.1, -0.05) is 23.4 Å². The van der Waals surface area contributed by atoms with Crippen molar-refractivity contribution in [3.63, 3.8) is 0 Å². The van der Waals surface area contributed by atoms with Crippen molar-refractivity contribution in [2.24, 2.45) is 0 Å². The second-order valence-corrected chi connectivity index (χ2v) is 10.1. The third-order valence-electron chi connectivity index (χ3n) is 6.73. The zero-order valence-corrected chi connectivity index (χ0v) is 22.7. The molecule has 0 saturated heterocycles. The van der Waals surface area contributed by atoms with E-state index in [2.05, 4.69) is 10.3 Å². The molecule has 1 aliphatic rings. The maximum Gasteiger partial charge on any atom is 0.298 e. The lowest BCUT2D eigenvalue weighted by Crippen LogP contribution is -2.32. The van der Waals surface area contributed by atoms with Crippen LogP contribution in [0.25, 0.3) is 11.8 Å². The summed E-state index contributed by atoms with van der Waals surface area (Å²) in [5.74, 6) is 1.20. The summed E-state index contributed by atoms with van der Waals surface area (Å²) >= 11 is 0. The van der Waals surface area contributed by atoms with Gasteiger partial charge >= 0.3 is 0 Å². The number of nitro groups is 1. The molecular formula is C30H28N4O7. The van der Waals surface area contributed by atoms with Crippen molar-refractivity contribution in [2.45, 2.75) is 38.9 Å². The second-order valence-electron chi connectivity index (χ2n) is 10.1. The number of aromatic hydroxyl groups is 1. The smallest absolute Gasteiger partial charge is 0.298 e. The number of carbonyl (C=O) groups excluding carboxylic acids is 1. The Morgan fingerprint density at radius 1 is 1.17 bits per heavy atom. The van der Waals surface area contributed by atoms with Gasteiger partial charge in [-0.05, 0) is 74.7 Å². The van der Waals surface area contributed by atoms with Crippen molar-refractivity contribution >= 4 is 17.5 Å². The Bertz CT molecular complexity index is 1640. The van der Waals surface area contributed by atoms with Crippen LogP contribution in [-0.2, 0) is 13.0 Å². The van der Waals surface area contributed by atoms with Gasteiger partial charge in [0.15, 0.2) is 5.78 Å². The van der Waals surface area contributed by atoms with E-state index < -0.39 is 4.92 Å². The average Bonchev–Trinajstić information content (AvgIpc) is 3.43. The Labute approximate surface area is 235 Å². The molecule has 5 rings (SSSR count). The van der Waals surface area contributed by atoms with Gasteiger partial charge in [-0.3, -0.25) is 14.9 Å².